The van der Waals surface area contributed by atoms with E-state index in [-0.39, 0.29) is 17.8 Å². The topological polar surface area (TPSA) is 84.3 Å². The molecular formula is C12H14BrN3O3. The van der Waals surface area contributed by atoms with E-state index in [1.165, 1.54) is 18.2 Å². The zero-order valence-corrected chi connectivity index (χ0v) is 11.8. The predicted octanol–water partition coefficient (Wildman–Crippen LogP) is 3.42. The number of anilines is 1. The van der Waals surface area contributed by atoms with Gasteiger partial charge in [-0.3, -0.25) is 10.1 Å². The van der Waals surface area contributed by atoms with Crippen molar-refractivity contribution in [2.45, 2.75) is 31.7 Å². The lowest BCUT2D eigenvalue weighted by atomic mass is 10.2. The Bertz CT molecular complexity index is 501. The van der Waals surface area contributed by atoms with Gasteiger partial charge in [0.2, 0.25) is 0 Å². The first kappa shape index (κ1) is 13.8. The average Bonchev–Trinajstić information content (AvgIpc) is 2.84. The fourth-order valence-electron chi connectivity index (χ4n) is 2.13. The van der Waals surface area contributed by atoms with E-state index in [1.807, 2.05) is 0 Å². The number of carbonyl (C=O) groups excluding carboxylic acids is 1. The molecule has 2 N–H and O–H groups in total. The molecule has 1 aromatic rings. The molecule has 0 unspecified atom stereocenters. The average molecular weight is 328 g/mol. The fourth-order valence-corrected chi connectivity index (χ4v) is 2.60. The van der Waals surface area contributed by atoms with E-state index >= 15 is 0 Å². The number of nitrogens with zero attached hydrogens (tertiary/aromatic N) is 1. The van der Waals surface area contributed by atoms with Crippen LogP contribution in [0.3, 0.4) is 0 Å². The summed E-state index contributed by atoms with van der Waals surface area (Å²) in [5.41, 5.74) is 0.495. The summed E-state index contributed by atoms with van der Waals surface area (Å²) in [6.07, 6.45) is 4.31. The monoisotopic (exact) mass is 327 g/mol. The molecule has 1 saturated carbocycles. The number of nitrogens with one attached hydrogen (secondary N) is 2. The maximum absolute atomic E-state index is 11.8. The molecular weight excluding hydrogens is 314 g/mol. The van der Waals surface area contributed by atoms with Gasteiger partial charge in [0.1, 0.15) is 0 Å². The van der Waals surface area contributed by atoms with Crippen molar-refractivity contribution >= 4 is 33.3 Å². The molecule has 0 bridgehead atoms. The van der Waals surface area contributed by atoms with Crippen molar-refractivity contribution in [2.24, 2.45) is 0 Å². The van der Waals surface area contributed by atoms with Gasteiger partial charge < -0.3 is 10.6 Å². The first-order valence-corrected chi connectivity index (χ1v) is 6.87. The number of hydrogen-bond donors (Lipinski definition) is 2. The summed E-state index contributed by atoms with van der Waals surface area (Å²) in [5.74, 6) is 0. The SMILES string of the molecule is O=C(Nc1ccc([N+](=O)[O-])cc1Br)NC1CCCC1. The van der Waals surface area contributed by atoms with Crippen LogP contribution in [0.15, 0.2) is 22.7 Å². The summed E-state index contributed by atoms with van der Waals surface area (Å²) < 4.78 is 0.489. The minimum atomic E-state index is -0.479. The van der Waals surface area contributed by atoms with E-state index in [9.17, 15) is 14.9 Å². The number of benzene rings is 1. The van der Waals surface area contributed by atoms with Crippen molar-refractivity contribution in [3.8, 4) is 0 Å². The van der Waals surface area contributed by atoms with E-state index < -0.39 is 4.92 Å². The van der Waals surface area contributed by atoms with Crippen LogP contribution >= 0.6 is 15.9 Å². The molecule has 1 aliphatic carbocycles. The molecule has 0 radical (unpaired) electrons. The Kier molecular flexibility index (Phi) is 4.36. The van der Waals surface area contributed by atoms with Crippen LogP contribution in [-0.2, 0) is 0 Å². The molecule has 1 aliphatic rings. The largest absolute Gasteiger partial charge is 0.335 e. The minimum Gasteiger partial charge on any atom is -0.335 e. The molecule has 19 heavy (non-hydrogen) atoms. The van der Waals surface area contributed by atoms with Gasteiger partial charge in [-0.2, -0.15) is 0 Å². The summed E-state index contributed by atoms with van der Waals surface area (Å²) in [4.78, 5) is 21.9. The third-order valence-electron chi connectivity index (χ3n) is 3.10. The minimum absolute atomic E-state index is 0.0198. The number of urea groups is 1. The highest BCUT2D eigenvalue weighted by Gasteiger charge is 2.18. The van der Waals surface area contributed by atoms with Gasteiger partial charge in [-0.1, -0.05) is 12.8 Å². The Balaban J connectivity index is 1.98. The molecule has 7 heteroatoms. The highest BCUT2D eigenvalue weighted by Crippen LogP contribution is 2.27. The third-order valence-corrected chi connectivity index (χ3v) is 3.76. The molecule has 0 aliphatic heterocycles. The second kappa shape index (κ2) is 6.01. The van der Waals surface area contributed by atoms with Crippen molar-refractivity contribution in [3.63, 3.8) is 0 Å². The number of carbonyl (C=O) groups is 1. The van der Waals surface area contributed by atoms with Gasteiger partial charge in [-0.05, 0) is 34.8 Å². The van der Waals surface area contributed by atoms with Crippen LogP contribution in [0, 0.1) is 10.1 Å². The Morgan fingerprint density at radius 1 is 1.37 bits per heavy atom. The zero-order valence-electron chi connectivity index (χ0n) is 10.2. The van der Waals surface area contributed by atoms with Crippen molar-refractivity contribution in [3.05, 3.63) is 32.8 Å². The van der Waals surface area contributed by atoms with Crippen LogP contribution in [0.4, 0.5) is 16.2 Å². The van der Waals surface area contributed by atoms with Gasteiger partial charge in [-0.15, -0.1) is 0 Å². The lowest BCUT2D eigenvalue weighted by molar-refractivity contribution is -0.384. The number of rotatable bonds is 3. The van der Waals surface area contributed by atoms with Gasteiger partial charge >= 0.3 is 6.03 Å². The number of non-ortho nitro benzene ring substituents is 1. The van der Waals surface area contributed by atoms with Crippen LogP contribution in [-0.4, -0.2) is 17.0 Å². The Morgan fingerprint density at radius 2 is 2.05 bits per heavy atom. The van der Waals surface area contributed by atoms with Crippen LogP contribution in [0.25, 0.3) is 0 Å². The predicted molar refractivity (Wildman–Crippen MR) is 75.2 cm³/mol. The van der Waals surface area contributed by atoms with Crippen LogP contribution in [0.1, 0.15) is 25.7 Å². The van der Waals surface area contributed by atoms with Gasteiger partial charge in [0.15, 0.2) is 0 Å². The summed E-state index contributed by atoms with van der Waals surface area (Å²) >= 11 is 3.21. The Morgan fingerprint density at radius 3 is 2.63 bits per heavy atom. The molecule has 6 nitrogen and oxygen atoms in total. The summed E-state index contributed by atoms with van der Waals surface area (Å²) in [5, 5.41) is 16.2. The lowest BCUT2D eigenvalue weighted by Gasteiger charge is -2.13. The number of halogens is 1. The smallest absolute Gasteiger partial charge is 0.319 e. The highest BCUT2D eigenvalue weighted by atomic mass is 79.9. The van der Waals surface area contributed by atoms with Crippen LogP contribution < -0.4 is 10.6 Å². The van der Waals surface area contributed by atoms with Gasteiger partial charge in [0.05, 0.1) is 10.6 Å². The number of amides is 2. The van der Waals surface area contributed by atoms with Crippen molar-refractivity contribution in [1.29, 1.82) is 0 Å². The standard InChI is InChI=1S/C12H14BrN3O3/c13-10-7-9(16(18)19)5-6-11(10)15-12(17)14-8-3-1-2-4-8/h5-8H,1-4H2,(H2,14,15,17). The normalized spacial score (nSPS) is 15.2. The summed E-state index contributed by atoms with van der Waals surface area (Å²) in [7, 11) is 0. The van der Waals surface area contributed by atoms with Crippen molar-refractivity contribution in [1.82, 2.24) is 5.32 Å². The lowest BCUT2D eigenvalue weighted by Crippen LogP contribution is -2.36. The molecule has 0 aromatic heterocycles. The second-order valence-corrected chi connectivity index (χ2v) is 5.36. The van der Waals surface area contributed by atoms with E-state index in [1.54, 1.807) is 0 Å². The second-order valence-electron chi connectivity index (χ2n) is 4.50. The van der Waals surface area contributed by atoms with Crippen molar-refractivity contribution < 1.29 is 9.72 Å². The molecule has 0 heterocycles. The fraction of sp³-hybridized carbons (Fsp3) is 0.417. The Labute approximate surface area is 118 Å². The quantitative estimate of drug-likeness (QED) is 0.658. The molecule has 2 rings (SSSR count). The molecule has 1 fully saturated rings. The molecule has 0 saturated heterocycles. The van der Waals surface area contributed by atoms with Gasteiger partial charge in [0, 0.05) is 22.6 Å². The van der Waals surface area contributed by atoms with E-state index in [0.717, 1.165) is 25.7 Å². The van der Waals surface area contributed by atoms with E-state index in [4.69, 9.17) is 0 Å². The molecule has 0 atom stereocenters. The Hall–Kier alpha value is -1.63. The molecule has 102 valence electrons. The first-order valence-electron chi connectivity index (χ1n) is 6.08. The summed E-state index contributed by atoms with van der Waals surface area (Å²) in [6, 6.07) is 4.19. The highest BCUT2D eigenvalue weighted by molar-refractivity contribution is 9.10. The van der Waals surface area contributed by atoms with Gasteiger partial charge in [-0.25, -0.2) is 4.79 Å². The first-order chi connectivity index (χ1) is 9.06. The molecule has 2 amide bonds. The van der Waals surface area contributed by atoms with Crippen molar-refractivity contribution in [2.75, 3.05) is 5.32 Å². The maximum Gasteiger partial charge on any atom is 0.319 e. The zero-order chi connectivity index (χ0) is 13.8. The van der Waals surface area contributed by atoms with Crippen LogP contribution in [0.2, 0.25) is 0 Å². The molecule has 1 aromatic carbocycles. The summed E-state index contributed by atoms with van der Waals surface area (Å²) in [6.45, 7) is 0. The van der Waals surface area contributed by atoms with Gasteiger partial charge in [0.25, 0.3) is 5.69 Å². The third kappa shape index (κ3) is 3.66. The van der Waals surface area contributed by atoms with E-state index in [0.29, 0.717) is 10.2 Å². The molecule has 0 spiro atoms. The van der Waals surface area contributed by atoms with E-state index in [2.05, 4.69) is 26.6 Å². The number of nitro benzene ring substituents is 1. The maximum atomic E-state index is 11.8. The number of nitro groups is 1. The number of hydrogen-bond acceptors (Lipinski definition) is 3. The van der Waals surface area contributed by atoms with Crippen LogP contribution in [0.5, 0.6) is 0 Å².